The number of aryl methyl sites for hydroxylation is 1. The van der Waals surface area contributed by atoms with E-state index >= 15 is 0 Å². The molecule has 0 atom stereocenters. The minimum atomic E-state index is -0.838. The number of hydrogen-bond acceptors (Lipinski definition) is 2. The summed E-state index contributed by atoms with van der Waals surface area (Å²) in [6.07, 6.45) is 3.92. The maximum Gasteiger partial charge on any atom is 0.352 e. The van der Waals surface area contributed by atoms with E-state index in [9.17, 15) is 4.79 Å². The fourth-order valence-electron chi connectivity index (χ4n) is 2.23. The molecule has 0 aromatic carbocycles. The highest BCUT2D eigenvalue weighted by molar-refractivity contribution is 5.87. The predicted molar refractivity (Wildman–Crippen MR) is 59.7 cm³/mol. The minimum Gasteiger partial charge on any atom is -0.477 e. The van der Waals surface area contributed by atoms with Gasteiger partial charge in [-0.25, -0.2) is 4.79 Å². The van der Waals surface area contributed by atoms with Crippen LogP contribution in [0.15, 0.2) is 12.3 Å². The molecule has 2 rings (SSSR count). The molecule has 0 radical (unpaired) electrons. The third-order valence-corrected chi connectivity index (χ3v) is 3.16. The first-order valence-corrected chi connectivity index (χ1v) is 5.65. The Hall–Kier alpha value is -1.29. The molecule has 16 heavy (non-hydrogen) atoms. The molecule has 0 bridgehead atoms. The summed E-state index contributed by atoms with van der Waals surface area (Å²) in [5, 5.41) is 9.12. The largest absolute Gasteiger partial charge is 0.477 e. The van der Waals surface area contributed by atoms with Crippen molar-refractivity contribution in [2.75, 3.05) is 13.2 Å². The molecule has 0 saturated carbocycles. The fourth-order valence-corrected chi connectivity index (χ4v) is 2.23. The number of carboxylic acid groups (broad SMARTS) is 1. The van der Waals surface area contributed by atoms with Gasteiger partial charge in [-0.2, -0.15) is 0 Å². The van der Waals surface area contributed by atoms with E-state index in [-0.39, 0.29) is 0 Å². The minimum absolute atomic E-state index is 0.423. The van der Waals surface area contributed by atoms with Gasteiger partial charge in [-0.1, -0.05) is 0 Å². The molecule has 1 N–H and O–H groups in total. The zero-order chi connectivity index (χ0) is 11.5. The normalized spacial score (nSPS) is 17.6. The molecule has 0 aliphatic carbocycles. The molecule has 0 amide bonds. The topological polar surface area (TPSA) is 51.5 Å². The molecule has 1 fully saturated rings. The smallest absolute Gasteiger partial charge is 0.352 e. The molecule has 1 aromatic heterocycles. The number of ether oxygens (including phenoxy) is 1. The summed E-state index contributed by atoms with van der Waals surface area (Å²) in [5.74, 6) is -0.298. The molecule has 1 aliphatic heterocycles. The number of aromatic nitrogens is 1. The van der Waals surface area contributed by atoms with Gasteiger partial charge in [-0.15, -0.1) is 0 Å². The van der Waals surface area contributed by atoms with Crippen molar-refractivity contribution in [3.05, 3.63) is 23.5 Å². The highest BCUT2D eigenvalue weighted by atomic mass is 16.5. The van der Waals surface area contributed by atoms with Gasteiger partial charge in [0.05, 0.1) is 0 Å². The van der Waals surface area contributed by atoms with Gasteiger partial charge in [-0.3, -0.25) is 0 Å². The number of aromatic carboxylic acids is 1. The van der Waals surface area contributed by atoms with Crippen LogP contribution in [0.2, 0.25) is 0 Å². The number of rotatable bonds is 3. The van der Waals surface area contributed by atoms with Gasteiger partial charge in [0.25, 0.3) is 0 Å². The number of carboxylic acids is 1. The average Bonchev–Trinajstić information content (AvgIpc) is 2.61. The molecule has 4 nitrogen and oxygen atoms in total. The molecule has 88 valence electrons. The van der Waals surface area contributed by atoms with Gasteiger partial charge < -0.3 is 14.4 Å². The summed E-state index contributed by atoms with van der Waals surface area (Å²) < 4.78 is 7.15. The second-order valence-corrected chi connectivity index (χ2v) is 4.36. The Kier molecular flexibility index (Phi) is 3.29. The van der Waals surface area contributed by atoms with E-state index in [1.165, 1.54) is 0 Å². The van der Waals surface area contributed by atoms with Crippen molar-refractivity contribution in [1.29, 1.82) is 0 Å². The second-order valence-electron chi connectivity index (χ2n) is 4.36. The Bertz CT molecular complexity index is 378. The van der Waals surface area contributed by atoms with E-state index in [1.807, 2.05) is 23.8 Å². The lowest BCUT2D eigenvalue weighted by Gasteiger charge is -2.23. The van der Waals surface area contributed by atoms with Crippen molar-refractivity contribution in [3.8, 4) is 0 Å². The van der Waals surface area contributed by atoms with Crippen molar-refractivity contribution in [3.63, 3.8) is 0 Å². The van der Waals surface area contributed by atoms with E-state index in [0.717, 1.165) is 38.2 Å². The van der Waals surface area contributed by atoms with Crippen LogP contribution < -0.4 is 0 Å². The molecule has 0 spiro atoms. The Labute approximate surface area is 94.8 Å². The van der Waals surface area contributed by atoms with Gasteiger partial charge in [0.2, 0.25) is 0 Å². The van der Waals surface area contributed by atoms with Gasteiger partial charge in [-0.05, 0) is 37.3 Å². The van der Waals surface area contributed by atoms with Crippen LogP contribution in [0.5, 0.6) is 0 Å². The summed E-state index contributed by atoms with van der Waals surface area (Å²) >= 11 is 0. The Morgan fingerprint density at radius 1 is 1.56 bits per heavy atom. The quantitative estimate of drug-likeness (QED) is 0.851. The molecule has 1 saturated heterocycles. The SMILES string of the molecule is Cc1ccn(CC2CCOCC2)c1C(=O)O. The average molecular weight is 223 g/mol. The summed E-state index contributed by atoms with van der Waals surface area (Å²) in [6, 6.07) is 1.86. The van der Waals surface area contributed by atoms with Crippen LogP contribution in [0.1, 0.15) is 28.9 Å². The van der Waals surface area contributed by atoms with Crippen LogP contribution in [0.4, 0.5) is 0 Å². The standard InChI is InChI=1S/C12H17NO3/c1-9-2-5-13(11(9)12(14)15)8-10-3-6-16-7-4-10/h2,5,10H,3-4,6-8H2,1H3,(H,14,15). The third kappa shape index (κ3) is 2.27. The van der Waals surface area contributed by atoms with Crippen LogP contribution in [-0.2, 0) is 11.3 Å². The Morgan fingerprint density at radius 2 is 2.25 bits per heavy atom. The molecule has 0 unspecified atom stereocenters. The maximum atomic E-state index is 11.1. The molecule has 1 aliphatic rings. The zero-order valence-electron chi connectivity index (χ0n) is 9.48. The Balaban J connectivity index is 2.11. The lowest BCUT2D eigenvalue weighted by atomic mass is 10.0. The summed E-state index contributed by atoms with van der Waals surface area (Å²) in [5.41, 5.74) is 1.26. The lowest BCUT2D eigenvalue weighted by Crippen LogP contribution is -2.22. The first kappa shape index (κ1) is 11.2. The van der Waals surface area contributed by atoms with Gasteiger partial charge in [0.15, 0.2) is 0 Å². The monoisotopic (exact) mass is 223 g/mol. The van der Waals surface area contributed by atoms with Crippen molar-refractivity contribution in [2.24, 2.45) is 5.92 Å². The van der Waals surface area contributed by atoms with Crippen LogP contribution >= 0.6 is 0 Å². The van der Waals surface area contributed by atoms with E-state index < -0.39 is 5.97 Å². The number of carbonyl (C=O) groups is 1. The van der Waals surface area contributed by atoms with E-state index in [2.05, 4.69) is 0 Å². The van der Waals surface area contributed by atoms with E-state index in [1.54, 1.807) is 0 Å². The van der Waals surface area contributed by atoms with E-state index in [4.69, 9.17) is 9.84 Å². The summed E-state index contributed by atoms with van der Waals surface area (Å²) in [6.45, 7) is 4.23. The number of nitrogens with zero attached hydrogens (tertiary/aromatic N) is 1. The van der Waals surface area contributed by atoms with Crippen LogP contribution in [0, 0.1) is 12.8 Å². The van der Waals surface area contributed by atoms with Crippen LogP contribution in [0.25, 0.3) is 0 Å². The van der Waals surface area contributed by atoms with Gasteiger partial charge in [0, 0.05) is 26.0 Å². The molecular formula is C12H17NO3. The van der Waals surface area contributed by atoms with Crippen molar-refractivity contribution in [1.82, 2.24) is 4.57 Å². The van der Waals surface area contributed by atoms with Gasteiger partial charge >= 0.3 is 5.97 Å². The van der Waals surface area contributed by atoms with Crippen LogP contribution in [0.3, 0.4) is 0 Å². The predicted octanol–water partition coefficient (Wildman–Crippen LogP) is 1.92. The molecule has 4 heteroatoms. The summed E-state index contributed by atoms with van der Waals surface area (Å²) in [4.78, 5) is 11.1. The highest BCUT2D eigenvalue weighted by Gasteiger charge is 2.18. The fraction of sp³-hybridized carbons (Fsp3) is 0.583. The van der Waals surface area contributed by atoms with Gasteiger partial charge in [0.1, 0.15) is 5.69 Å². The van der Waals surface area contributed by atoms with Crippen molar-refractivity contribution in [2.45, 2.75) is 26.3 Å². The highest BCUT2D eigenvalue weighted by Crippen LogP contribution is 2.19. The lowest BCUT2D eigenvalue weighted by molar-refractivity contribution is 0.0593. The Morgan fingerprint density at radius 3 is 2.88 bits per heavy atom. The second kappa shape index (κ2) is 4.70. The van der Waals surface area contributed by atoms with E-state index in [0.29, 0.717) is 11.6 Å². The zero-order valence-corrected chi connectivity index (χ0v) is 9.48. The first-order valence-electron chi connectivity index (χ1n) is 5.65. The summed E-state index contributed by atoms with van der Waals surface area (Å²) in [7, 11) is 0. The third-order valence-electron chi connectivity index (χ3n) is 3.16. The van der Waals surface area contributed by atoms with Crippen molar-refractivity contribution < 1.29 is 14.6 Å². The van der Waals surface area contributed by atoms with Crippen molar-refractivity contribution >= 4 is 5.97 Å². The molecular weight excluding hydrogens is 206 g/mol. The first-order chi connectivity index (χ1) is 7.68. The number of hydrogen-bond donors (Lipinski definition) is 1. The van der Waals surface area contributed by atoms with Crippen LogP contribution in [-0.4, -0.2) is 28.9 Å². The molecule has 1 aromatic rings. The maximum absolute atomic E-state index is 11.1. The molecule has 2 heterocycles.